The zero-order chi connectivity index (χ0) is 20.7. The van der Waals surface area contributed by atoms with Crippen LogP contribution in [0.5, 0.6) is 0 Å². The number of amides is 1. The Hall–Kier alpha value is -2.54. The van der Waals surface area contributed by atoms with Gasteiger partial charge >= 0.3 is 0 Å². The van der Waals surface area contributed by atoms with Crippen molar-refractivity contribution in [2.45, 2.75) is 50.9 Å². The van der Waals surface area contributed by atoms with E-state index in [9.17, 15) is 14.0 Å². The molecule has 30 heavy (non-hydrogen) atoms. The van der Waals surface area contributed by atoms with Crippen molar-refractivity contribution in [3.8, 4) is 0 Å². The second-order valence-electron chi connectivity index (χ2n) is 8.30. The quantitative estimate of drug-likeness (QED) is 0.691. The lowest BCUT2D eigenvalue weighted by Crippen LogP contribution is -2.39. The number of carbonyl (C=O) groups is 1. The number of benzene rings is 1. The molecule has 2 aromatic heterocycles. The molecule has 5 nitrogen and oxygen atoms in total. The highest BCUT2D eigenvalue weighted by Gasteiger charge is 2.27. The van der Waals surface area contributed by atoms with Crippen molar-refractivity contribution in [1.82, 2.24) is 14.9 Å². The molecular weight excluding hydrogens is 401 g/mol. The number of thiophene rings is 1. The molecule has 1 aromatic carbocycles. The number of fused-ring (bicyclic) bond motifs is 3. The average molecular weight is 426 g/mol. The fourth-order valence-corrected chi connectivity index (χ4v) is 5.93. The van der Waals surface area contributed by atoms with Crippen LogP contribution in [0.25, 0.3) is 10.2 Å². The van der Waals surface area contributed by atoms with Gasteiger partial charge in [-0.25, -0.2) is 9.37 Å². The molecule has 0 atom stereocenters. The molecule has 3 aromatic rings. The third kappa shape index (κ3) is 3.67. The number of nitrogens with zero attached hydrogens (tertiary/aromatic N) is 2. The van der Waals surface area contributed by atoms with Crippen LogP contribution in [-0.4, -0.2) is 33.9 Å². The Labute approximate surface area is 178 Å². The van der Waals surface area contributed by atoms with Gasteiger partial charge in [0.25, 0.3) is 5.56 Å². The van der Waals surface area contributed by atoms with E-state index in [0.717, 1.165) is 53.7 Å². The van der Waals surface area contributed by atoms with Gasteiger partial charge in [0.2, 0.25) is 5.91 Å². The SMILES string of the molecule is O=C(Cc1ccc(F)cc1)N1CCC(c2nc3sc4c(c3c(=O)[nH]2)CCCC4)CC1. The number of aryl methyl sites for hydroxylation is 2. The van der Waals surface area contributed by atoms with Crippen LogP contribution in [0.2, 0.25) is 0 Å². The van der Waals surface area contributed by atoms with Crippen molar-refractivity contribution in [1.29, 1.82) is 0 Å². The summed E-state index contributed by atoms with van der Waals surface area (Å²) >= 11 is 1.68. The Morgan fingerprint density at radius 1 is 1.17 bits per heavy atom. The zero-order valence-electron chi connectivity index (χ0n) is 16.7. The number of aromatic amines is 1. The van der Waals surface area contributed by atoms with Crippen LogP contribution >= 0.6 is 11.3 Å². The van der Waals surface area contributed by atoms with Crippen LogP contribution in [0.3, 0.4) is 0 Å². The molecule has 0 unspecified atom stereocenters. The molecule has 0 spiro atoms. The third-order valence-corrected chi connectivity index (χ3v) is 7.53. The highest BCUT2D eigenvalue weighted by atomic mass is 32.1. The van der Waals surface area contributed by atoms with Crippen molar-refractivity contribution in [2.75, 3.05) is 13.1 Å². The monoisotopic (exact) mass is 425 g/mol. The summed E-state index contributed by atoms with van der Waals surface area (Å²) in [7, 11) is 0. The van der Waals surface area contributed by atoms with Crippen LogP contribution in [0.4, 0.5) is 4.39 Å². The van der Waals surface area contributed by atoms with E-state index in [0.29, 0.717) is 13.1 Å². The first-order valence-corrected chi connectivity index (χ1v) is 11.5. The first kappa shape index (κ1) is 19.4. The van der Waals surface area contributed by atoms with Gasteiger partial charge in [-0.2, -0.15) is 0 Å². The van der Waals surface area contributed by atoms with E-state index >= 15 is 0 Å². The molecule has 0 saturated carbocycles. The number of piperidine rings is 1. The van der Waals surface area contributed by atoms with E-state index in [2.05, 4.69) is 4.98 Å². The average Bonchev–Trinajstić information content (AvgIpc) is 3.14. The van der Waals surface area contributed by atoms with Gasteiger partial charge in [0.05, 0.1) is 11.8 Å². The van der Waals surface area contributed by atoms with Crippen LogP contribution in [0.15, 0.2) is 29.1 Å². The van der Waals surface area contributed by atoms with Gasteiger partial charge < -0.3 is 9.88 Å². The fourth-order valence-electron chi connectivity index (χ4n) is 4.66. The second-order valence-corrected chi connectivity index (χ2v) is 9.38. The lowest BCUT2D eigenvalue weighted by atomic mass is 9.95. The van der Waals surface area contributed by atoms with E-state index in [-0.39, 0.29) is 29.6 Å². The van der Waals surface area contributed by atoms with Crippen LogP contribution < -0.4 is 5.56 Å². The number of carbonyl (C=O) groups excluding carboxylic acids is 1. The van der Waals surface area contributed by atoms with E-state index in [1.807, 2.05) is 4.90 Å². The molecule has 1 aliphatic carbocycles. The number of aromatic nitrogens is 2. The Morgan fingerprint density at radius 3 is 2.67 bits per heavy atom. The molecule has 156 valence electrons. The number of nitrogens with one attached hydrogen (secondary N) is 1. The van der Waals surface area contributed by atoms with Crippen molar-refractivity contribution in [3.63, 3.8) is 0 Å². The molecule has 1 fully saturated rings. The molecule has 1 N–H and O–H groups in total. The second kappa shape index (κ2) is 7.95. The summed E-state index contributed by atoms with van der Waals surface area (Å²) in [6, 6.07) is 6.08. The lowest BCUT2D eigenvalue weighted by Gasteiger charge is -2.31. The Kier molecular flexibility index (Phi) is 5.15. The topological polar surface area (TPSA) is 66.1 Å². The highest BCUT2D eigenvalue weighted by molar-refractivity contribution is 7.18. The third-order valence-electron chi connectivity index (χ3n) is 6.35. The first-order chi connectivity index (χ1) is 14.6. The maximum Gasteiger partial charge on any atom is 0.259 e. The molecule has 1 saturated heterocycles. The molecule has 0 radical (unpaired) electrons. The maximum atomic E-state index is 13.1. The molecule has 5 rings (SSSR count). The number of hydrogen-bond acceptors (Lipinski definition) is 4. The van der Waals surface area contributed by atoms with Gasteiger partial charge in [0, 0.05) is 23.9 Å². The predicted octanol–water partition coefficient (Wildman–Crippen LogP) is 3.95. The smallest absolute Gasteiger partial charge is 0.259 e. The standard InChI is InChI=1S/C23H24FN3O2S/c24-16-7-5-14(6-8-16)13-19(28)27-11-9-15(10-12-27)21-25-22(29)20-17-3-1-2-4-18(17)30-23(20)26-21/h5-8,15H,1-4,9-13H2,(H,25,26,29). The largest absolute Gasteiger partial charge is 0.342 e. The zero-order valence-corrected chi connectivity index (χ0v) is 17.6. The van der Waals surface area contributed by atoms with Gasteiger partial charge in [-0.3, -0.25) is 9.59 Å². The molecule has 0 bridgehead atoms. The van der Waals surface area contributed by atoms with Gasteiger partial charge in [-0.15, -0.1) is 11.3 Å². The van der Waals surface area contributed by atoms with E-state index in [1.165, 1.54) is 29.0 Å². The minimum atomic E-state index is -0.294. The van der Waals surface area contributed by atoms with Crippen molar-refractivity contribution >= 4 is 27.5 Å². The predicted molar refractivity (Wildman–Crippen MR) is 116 cm³/mol. The Bertz CT molecular complexity index is 1140. The van der Waals surface area contributed by atoms with Crippen LogP contribution in [-0.2, 0) is 24.1 Å². The minimum Gasteiger partial charge on any atom is -0.342 e. The molecule has 2 aliphatic rings. The van der Waals surface area contributed by atoms with Crippen LogP contribution in [0, 0.1) is 5.82 Å². The van der Waals surface area contributed by atoms with E-state index in [1.54, 1.807) is 23.5 Å². The maximum absolute atomic E-state index is 13.1. The molecule has 3 heterocycles. The van der Waals surface area contributed by atoms with Gasteiger partial charge in [-0.1, -0.05) is 12.1 Å². The summed E-state index contributed by atoms with van der Waals surface area (Å²) in [5.74, 6) is 0.688. The van der Waals surface area contributed by atoms with E-state index in [4.69, 9.17) is 4.98 Å². The van der Waals surface area contributed by atoms with Crippen molar-refractivity contribution in [3.05, 3.63) is 62.3 Å². The lowest BCUT2D eigenvalue weighted by molar-refractivity contribution is -0.131. The number of likely N-dealkylation sites (tertiary alicyclic amines) is 1. The number of H-pyrrole nitrogens is 1. The summed E-state index contributed by atoms with van der Waals surface area (Å²) in [5, 5.41) is 0.797. The van der Waals surface area contributed by atoms with Crippen molar-refractivity contribution < 1.29 is 9.18 Å². The number of hydrogen-bond donors (Lipinski definition) is 1. The molecular formula is C23H24FN3O2S. The van der Waals surface area contributed by atoms with Crippen molar-refractivity contribution in [2.24, 2.45) is 0 Å². The normalized spacial score (nSPS) is 17.3. The van der Waals surface area contributed by atoms with Gasteiger partial charge in [0.1, 0.15) is 16.5 Å². The number of rotatable bonds is 3. The first-order valence-electron chi connectivity index (χ1n) is 10.6. The summed E-state index contributed by atoms with van der Waals surface area (Å²) in [4.78, 5) is 37.3. The molecule has 1 amide bonds. The number of halogens is 1. The fraction of sp³-hybridized carbons (Fsp3) is 0.435. The Morgan fingerprint density at radius 2 is 1.90 bits per heavy atom. The molecule has 7 heteroatoms. The van der Waals surface area contributed by atoms with Crippen LogP contribution in [0.1, 0.15) is 53.4 Å². The summed E-state index contributed by atoms with van der Waals surface area (Å²) < 4.78 is 13.1. The van der Waals surface area contributed by atoms with Gasteiger partial charge in [-0.05, 0) is 61.8 Å². The van der Waals surface area contributed by atoms with Gasteiger partial charge in [0.15, 0.2) is 0 Å². The molecule has 1 aliphatic heterocycles. The summed E-state index contributed by atoms with van der Waals surface area (Å²) in [6.07, 6.45) is 6.23. The summed E-state index contributed by atoms with van der Waals surface area (Å²) in [5.41, 5.74) is 2.02. The minimum absolute atomic E-state index is 0.00999. The Balaban J connectivity index is 1.28. The van der Waals surface area contributed by atoms with E-state index < -0.39 is 0 Å². The highest BCUT2D eigenvalue weighted by Crippen LogP contribution is 2.35. The summed E-state index contributed by atoms with van der Waals surface area (Å²) in [6.45, 7) is 1.29.